The summed E-state index contributed by atoms with van der Waals surface area (Å²) >= 11 is 1.73. The van der Waals surface area contributed by atoms with Gasteiger partial charge in [-0.1, -0.05) is 13.8 Å². The zero-order valence-corrected chi connectivity index (χ0v) is 13.6. The third-order valence-corrected chi connectivity index (χ3v) is 3.69. The van der Waals surface area contributed by atoms with Crippen LogP contribution in [0.3, 0.4) is 0 Å². The van der Waals surface area contributed by atoms with Gasteiger partial charge < -0.3 is 10.6 Å². The van der Waals surface area contributed by atoms with Crippen molar-refractivity contribution in [2.75, 3.05) is 23.9 Å². The molecule has 1 rings (SSSR count). The van der Waals surface area contributed by atoms with Crippen molar-refractivity contribution in [3.05, 3.63) is 23.4 Å². The fraction of sp³-hybridized carbons (Fsp3) is 0.600. The van der Waals surface area contributed by atoms with Crippen LogP contribution in [-0.2, 0) is 6.42 Å². The van der Waals surface area contributed by atoms with E-state index >= 15 is 0 Å². The molecule has 0 aliphatic heterocycles. The molecule has 20 heavy (non-hydrogen) atoms. The minimum atomic E-state index is -0.0248. The molecule has 0 spiro atoms. The van der Waals surface area contributed by atoms with Crippen molar-refractivity contribution in [1.82, 2.24) is 10.3 Å². The first-order chi connectivity index (χ1) is 9.60. The van der Waals surface area contributed by atoms with E-state index in [9.17, 15) is 4.79 Å². The van der Waals surface area contributed by atoms with Gasteiger partial charge in [-0.3, -0.25) is 4.79 Å². The lowest BCUT2D eigenvalue weighted by molar-refractivity contribution is 0.0943. The predicted octanol–water partition coefficient (Wildman–Crippen LogP) is 2.95. The Labute approximate surface area is 126 Å². The molecular weight excluding hydrogens is 270 g/mol. The van der Waals surface area contributed by atoms with Crippen molar-refractivity contribution in [2.24, 2.45) is 0 Å². The van der Waals surface area contributed by atoms with Crippen molar-refractivity contribution >= 4 is 23.5 Å². The van der Waals surface area contributed by atoms with Gasteiger partial charge in [0.05, 0.1) is 0 Å². The number of hydrogen-bond acceptors (Lipinski definition) is 4. The number of anilines is 1. The summed E-state index contributed by atoms with van der Waals surface area (Å²) in [5, 5.41) is 6.26. The molecule has 1 atom stereocenters. The highest BCUT2D eigenvalue weighted by molar-refractivity contribution is 7.98. The van der Waals surface area contributed by atoms with Gasteiger partial charge in [0.2, 0.25) is 0 Å². The average Bonchev–Trinajstić information content (AvgIpc) is 2.44. The molecule has 1 aromatic heterocycles. The number of hydrogen-bond donors (Lipinski definition) is 2. The Morgan fingerprint density at radius 3 is 2.75 bits per heavy atom. The standard InChI is InChI=1S/C15H25N3OS/c1-5-7-16-14-9-12(8-13(6-2)18-14)15(19)17-11(3)10-20-4/h8-9,11H,5-7,10H2,1-4H3,(H,16,18)(H,17,19). The van der Waals surface area contributed by atoms with E-state index in [0.717, 1.165) is 36.7 Å². The van der Waals surface area contributed by atoms with Crippen LogP contribution in [0.2, 0.25) is 0 Å². The first-order valence-electron chi connectivity index (χ1n) is 7.15. The van der Waals surface area contributed by atoms with Crippen LogP contribution in [0.25, 0.3) is 0 Å². The van der Waals surface area contributed by atoms with Crippen LogP contribution >= 0.6 is 11.8 Å². The number of aryl methyl sites for hydroxylation is 1. The third-order valence-electron chi connectivity index (χ3n) is 2.85. The molecule has 4 nitrogen and oxygen atoms in total. The number of nitrogens with zero attached hydrogens (tertiary/aromatic N) is 1. The fourth-order valence-corrected chi connectivity index (χ4v) is 2.43. The lowest BCUT2D eigenvalue weighted by atomic mass is 10.1. The number of carbonyl (C=O) groups is 1. The van der Waals surface area contributed by atoms with E-state index in [2.05, 4.69) is 22.5 Å². The summed E-state index contributed by atoms with van der Waals surface area (Å²) in [5.41, 5.74) is 1.62. The second-order valence-electron chi connectivity index (χ2n) is 4.84. The summed E-state index contributed by atoms with van der Waals surface area (Å²) in [6.45, 7) is 7.04. The maximum Gasteiger partial charge on any atom is 0.251 e. The summed E-state index contributed by atoms with van der Waals surface area (Å²) in [6, 6.07) is 3.87. The normalized spacial score (nSPS) is 12.0. The van der Waals surface area contributed by atoms with Gasteiger partial charge in [-0.25, -0.2) is 4.98 Å². The van der Waals surface area contributed by atoms with Crippen molar-refractivity contribution in [1.29, 1.82) is 0 Å². The molecule has 0 aromatic carbocycles. The molecule has 0 fully saturated rings. The minimum Gasteiger partial charge on any atom is -0.370 e. The number of rotatable bonds is 8. The lowest BCUT2D eigenvalue weighted by Crippen LogP contribution is -2.34. The summed E-state index contributed by atoms with van der Waals surface area (Å²) in [4.78, 5) is 16.7. The molecule has 0 bridgehead atoms. The molecule has 0 aliphatic carbocycles. The molecule has 1 amide bonds. The maximum absolute atomic E-state index is 12.2. The zero-order chi connectivity index (χ0) is 15.0. The molecule has 0 radical (unpaired) electrons. The van der Waals surface area contributed by atoms with E-state index in [4.69, 9.17) is 0 Å². The molecule has 1 unspecified atom stereocenters. The van der Waals surface area contributed by atoms with Crippen LogP contribution in [0.5, 0.6) is 0 Å². The first kappa shape index (κ1) is 16.8. The van der Waals surface area contributed by atoms with Crippen LogP contribution < -0.4 is 10.6 Å². The SMILES string of the molecule is CCCNc1cc(C(=O)NC(C)CSC)cc(CC)n1. The highest BCUT2D eigenvalue weighted by atomic mass is 32.2. The van der Waals surface area contributed by atoms with Crippen LogP contribution in [-0.4, -0.2) is 35.5 Å². The minimum absolute atomic E-state index is 0.0248. The summed E-state index contributed by atoms with van der Waals surface area (Å²) in [6.07, 6.45) is 3.89. The van der Waals surface area contributed by atoms with Gasteiger partial charge in [-0.2, -0.15) is 11.8 Å². The molecule has 1 aromatic rings. The summed E-state index contributed by atoms with van der Waals surface area (Å²) < 4.78 is 0. The fourth-order valence-electron chi connectivity index (χ4n) is 1.84. The highest BCUT2D eigenvalue weighted by Crippen LogP contribution is 2.12. The summed E-state index contributed by atoms with van der Waals surface area (Å²) in [7, 11) is 0. The molecule has 0 saturated heterocycles. The number of nitrogens with one attached hydrogen (secondary N) is 2. The first-order valence-corrected chi connectivity index (χ1v) is 8.54. The van der Waals surface area contributed by atoms with Gasteiger partial charge in [0, 0.05) is 29.6 Å². The molecular formula is C15H25N3OS. The van der Waals surface area contributed by atoms with Gasteiger partial charge in [0.1, 0.15) is 5.82 Å². The molecule has 0 aliphatic rings. The molecule has 2 N–H and O–H groups in total. The van der Waals surface area contributed by atoms with Gasteiger partial charge in [-0.15, -0.1) is 0 Å². The van der Waals surface area contributed by atoms with Crippen LogP contribution in [0.15, 0.2) is 12.1 Å². The van der Waals surface area contributed by atoms with Gasteiger partial charge >= 0.3 is 0 Å². The van der Waals surface area contributed by atoms with Crippen LogP contribution in [0.4, 0.5) is 5.82 Å². The van der Waals surface area contributed by atoms with Gasteiger partial charge in [0.25, 0.3) is 5.91 Å². The number of pyridine rings is 1. The molecule has 0 saturated carbocycles. The number of aromatic nitrogens is 1. The van der Waals surface area contributed by atoms with Crippen molar-refractivity contribution in [3.8, 4) is 0 Å². The lowest BCUT2D eigenvalue weighted by Gasteiger charge is -2.14. The number of thioether (sulfide) groups is 1. The Morgan fingerprint density at radius 2 is 2.15 bits per heavy atom. The number of carbonyl (C=O) groups excluding carboxylic acids is 1. The topological polar surface area (TPSA) is 54.0 Å². The quantitative estimate of drug-likeness (QED) is 0.774. The van der Waals surface area contributed by atoms with Gasteiger partial charge in [-0.05, 0) is 38.2 Å². The Balaban J connectivity index is 2.83. The van der Waals surface area contributed by atoms with Gasteiger partial charge in [0.15, 0.2) is 0 Å². The van der Waals surface area contributed by atoms with Crippen molar-refractivity contribution in [2.45, 2.75) is 39.7 Å². The zero-order valence-electron chi connectivity index (χ0n) is 12.8. The third kappa shape index (κ3) is 5.41. The summed E-state index contributed by atoms with van der Waals surface area (Å²) in [5.74, 6) is 1.68. The molecule has 112 valence electrons. The Morgan fingerprint density at radius 1 is 1.40 bits per heavy atom. The van der Waals surface area contributed by atoms with E-state index in [1.165, 1.54) is 0 Å². The number of amides is 1. The smallest absolute Gasteiger partial charge is 0.251 e. The largest absolute Gasteiger partial charge is 0.370 e. The van der Waals surface area contributed by atoms with Crippen molar-refractivity contribution in [3.63, 3.8) is 0 Å². The van der Waals surface area contributed by atoms with E-state index in [1.807, 2.05) is 32.2 Å². The monoisotopic (exact) mass is 295 g/mol. The van der Waals surface area contributed by atoms with E-state index < -0.39 is 0 Å². The Bertz CT molecular complexity index is 437. The second-order valence-corrected chi connectivity index (χ2v) is 5.75. The Hall–Kier alpha value is -1.23. The predicted molar refractivity (Wildman–Crippen MR) is 87.7 cm³/mol. The van der Waals surface area contributed by atoms with E-state index in [-0.39, 0.29) is 11.9 Å². The second kappa shape index (κ2) is 8.84. The van der Waals surface area contributed by atoms with Crippen LogP contribution in [0, 0.1) is 0 Å². The van der Waals surface area contributed by atoms with E-state index in [0.29, 0.717) is 5.56 Å². The van der Waals surface area contributed by atoms with E-state index in [1.54, 1.807) is 11.8 Å². The average molecular weight is 295 g/mol. The van der Waals surface area contributed by atoms with Crippen LogP contribution in [0.1, 0.15) is 43.2 Å². The maximum atomic E-state index is 12.2. The molecule has 5 heteroatoms. The highest BCUT2D eigenvalue weighted by Gasteiger charge is 2.12. The Kier molecular flexibility index (Phi) is 7.44. The van der Waals surface area contributed by atoms with Crippen molar-refractivity contribution < 1.29 is 4.79 Å². The molecule has 1 heterocycles.